The van der Waals surface area contributed by atoms with Gasteiger partial charge in [-0.15, -0.1) is 11.3 Å². The number of thiophene rings is 1. The summed E-state index contributed by atoms with van der Waals surface area (Å²) in [4.78, 5) is 20.1. The van der Waals surface area contributed by atoms with Crippen LogP contribution in [0.4, 0.5) is 0 Å². The molecule has 0 aliphatic rings. The third kappa shape index (κ3) is 1.89. The number of rotatable bonds is 2. The van der Waals surface area contributed by atoms with Crippen LogP contribution in [-0.4, -0.2) is 14.5 Å². The molecule has 4 rings (SSSR count). The highest BCUT2D eigenvalue weighted by molar-refractivity contribution is 7.25. The van der Waals surface area contributed by atoms with Gasteiger partial charge >= 0.3 is 0 Å². The van der Waals surface area contributed by atoms with E-state index in [1.807, 2.05) is 37.4 Å². The Bertz CT molecular complexity index is 1010. The summed E-state index contributed by atoms with van der Waals surface area (Å²) in [6, 6.07) is 10.1. The number of benzene rings is 1. The average Bonchev–Trinajstić information content (AvgIpc) is 3.06. The van der Waals surface area contributed by atoms with Crippen LogP contribution in [0.25, 0.3) is 20.2 Å². The zero-order valence-electron chi connectivity index (χ0n) is 11.5. The van der Waals surface area contributed by atoms with E-state index in [-0.39, 0.29) is 5.56 Å². The van der Waals surface area contributed by atoms with E-state index >= 15 is 0 Å². The van der Waals surface area contributed by atoms with Gasteiger partial charge in [0.1, 0.15) is 0 Å². The van der Waals surface area contributed by atoms with Gasteiger partial charge in [-0.05, 0) is 19.1 Å². The van der Waals surface area contributed by atoms with Crippen LogP contribution in [0.3, 0.4) is 0 Å². The molecule has 3 aromatic heterocycles. The molecule has 0 saturated carbocycles. The molecule has 4 aromatic rings. The van der Waals surface area contributed by atoms with Gasteiger partial charge in [-0.25, -0.2) is 4.98 Å². The van der Waals surface area contributed by atoms with Crippen LogP contribution < -0.4 is 5.56 Å². The van der Waals surface area contributed by atoms with Gasteiger partial charge in [-0.1, -0.05) is 18.2 Å². The van der Waals surface area contributed by atoms with Crippen molar-refractivity contribution < 1.29 is 0 Å². The van der Waals surface area contributed by atoms with Crippen LogP contribution in [0.5, 0.6) is 0 Å². The van der Waals surface area contributed by atoms with Gasteiger partial charge < -0.3 is 9.55 Å². The number of H-pyrrole nitrogens is 1. The van der Waals surface area contributed by atoms with E-state index in [9.17, 15) is 4.79 Å². The van der Waals surface area contributed by atoms with Crippen molar-refractivity contribution in [1.82, 2.24) is 14.5 Å². The number of nitrogens with one attached hydrogen (secondary N) is 1. The Balaban J connectivity index is 1.95. The van der Waals surface area contributed by atoms with Crippen molar-refractivity contribution in [3.05, 3.63) is 64.6 Å². The highest BCUT2D eigenvalue weighted by Gasteiger charge is 2.11. The van der Waals surface area contributed by atoms with E-state index in [0.717, 1.165) is 31.6 Å². The molecule has 21 heavy (non-hydrogen) atoms. The Morgan fingerprint density at radius 2 is 2.10 bits per heavy atom. The molecule has 0 saturated heterocycles. The summed E-state index contributed by atoms with van der Waals surface area (Å²) in [5.41, 5.74) is 1.94. The number of imidazole rings is 1. The van der Waals surface area contributed by atoms with Crippen molar-refractivity contribution >= 4 is 31.5 Å². The number of pyridine rings is 1. The Kier molecular flexibility index (Phi) is 2.68. The van der Waals surface area contributed by atoms with E-state index in [2.05, 4.69) is 16.0 Å². The molecule has 0 radical (unpaired) electrons. The van der Waals surface area contributed by atoms with Crippen LogP contribution in [0.15, 0.2) is 47.7 Å². The Labute approximate surface area is 124 Å². The number of hydrogen-bond donors (Lipinski definition) is 1. The molecule has 0 unspecified atom stereocenters. The maximum absolute atomic E-state index is 12.8. The Hall–Kier alpha value is -2.40. The van der Waals surface area contributed by atoms with Gasteiger partial charge in [0.2, 0.25) is 0 Å². The predicted molar refractivity (Wildman–Crippen MR) is 86.0 cm³/mol. The summed E-state index contributed by atoms with van der Waals surface area (Å²) >= 11 is 1.66. The van der Waals surface area contributed by atoms with Crippen molar-refractivity contribution in [2.75, 3.05) is 0 Å². The zero-order chi connectivity index (χ0) is 14.4. The molecular weight excluding hydrogens is 282 g/mol. The summed E-state index contributed by atoms with van der Waals surface area (Å²) in [5.74, 6) is 0. The van der Waals surface area contributed by atoms with E-state index < -0.39 is 0 Å². The van der Waals surface area contributed by atoms with Crippen LogP contribution in [0.2, 0.25) is 0 Å². The van der Waals surface area contributed by atoms with E-state index in [1.165, 1.54) is 0 Å². The molecule has 4 nitrogen and oxygen atoms in total. The maximum Gasteiger partial charge on any atom is 0.260 e. The third-order valence-electron chi connectivity index (χ3n) is 3.76. The fourth-order valence-electron chi connectivity index (χ4n) is 2.60. The lowest BCUT2D eigenvalue weighted by atomic mass is 10.2. The summed E-state index contributed by atoms with van der Waals surface area (Å²) in [7, 11) is 0. The second-order valence-electron chi connectivity index (χ2n) is 5.06. The van der Waals surface area contributed by atoms with E-state index in [0.29, 0.717) is 6.54 Å². The van der Waals surface area contributed by atoms with Gasteiger partial charge in [0.15, 0.2) is 0 Å². The first kappa shape index (κ1) is 12.3. The second-order valence-corrected chi connectivity index (χ2v) is 6.14. The molecule has 0 aliphatic heterocycles. The zero-order valence-corrected chi connectivity index (χ0v) is 12.3. The van der Waals surface area contributed by atoms with Gasteiger partial charge in [-0.2, -0.15) is 0 Å². The molecule has 5 heteroatoms. The number of aryl methyl sites for hydroxylation is 1. The first-order valence-corrected chi connectivity index (χ1v) is 7.55. The smallest absolute Gasteiger partial charge is 0.260 e. The van der Waals surface area contributed by atoms with Gasteiger partial charge in [0.25, 0.3) is 5.56 Å². The lowest BCUT2D eigenvalue weighted by Gasteiger charge is -2.04. The van der Waals surface area contributed by atoms with Crippen LogP contribution in [0, 0.1) is 6.92 Å². The van der Waals surface area contributed by atoms with Crippen LogP contribution >= 0.6 is 11.3 Å². The van der Waals surface area contributed by atoms with Crippen LogP contribution in [0.1, 0.15) is 11.4 Å². The van der Waals surface area contributed by atoms with Crippen molar-refractivity contribution in [2.45, 2.75) is 13.5 Å². The molecule has 0 fully saturated rings. The van der Waals surface area contributed by atoms with Crippen molar-refractivity contribution in [1.29, 1.82) is 0 Å². The first-order chi connectivity index (χ1) is 10.2. The first-order valence-electron chi connectivity index (χ1n) is 6.73. The molecule has 0 atom stereocenters. The largest absolute Gasteiger partial charge is 0.348 e. The maximum atomic E-state index is 12.8. The third-order valence-corrected chi connectivity index (χ3v) is 4.89. The minimum absolute atomic E-state index is 0.0485. The molecular formula is C16H13N3OS. The Morgan fingerprint density at radius 3 is 2.90 bits per heavy atom. The molecule has 104 valence electrons. The molecule has 0 amide bonds. The summed E-state index contributed by atoms with van der Waals surface area (Å²) in [5, 5.41) is 1.85. The van der Waals surface area contributed by atoms with Gasteiger partial charge in [0, 0.05) is 26.7 Å². The SMILES string of the molecule is Cc1[nH]cnc1Cn1ccc2sc3ccccc3c2c1=O. The normalized spacial score (nSPS) is 11.5. The molecule has 0 bridgehead atoms. The summed E-state index contributed by atoms with van der Waals surface area (Å²) in [6.07, 6.45) is 3.52. The molecule has 1 N–H and O–H groups in total. The highest BCUT2D eigenvalue weighted by Crippen LogP contribution is 2.31. The average molecular weight is 295 g/mol. The predicted octanol–water partition coefficient (Wildman–Crippen LogP) is 3.30. The van der Waals surface area contributed by atoms with Gasteiger partial charge in [0.05, 0.1) is 24.0 Å². The molecule has 0 spiro atoms. The number of aromatic amines is 1. The minimum Gasteiger partial charge on any atom is -0.348 e. The van der Waals surface area contributed by atoms with E-state index in [1.54, 1.807) is 22.2 Å². The van der Waals surface area contributed by atoms with Crippen LogP contribution in [-0.2, 0) is 6.54 Å². The fourth-order valence-corrected chi connectivity index (χ4v) is 3.70. The second kappa shape index (κ2) is 4.56. The lowest BCUT2D eigenvalue weighted by Crippen LogP contribution is -2.20. The fraction of sp³-hybridized carbons (Fsp3) is 0.125. The topological polar surface area (TPSA) is 50.7 Å². The van der Waals surface area contributed by atoms with Crippen molar-refractivity contribution in [3.8, 4) is 0 Å². The number of aromatic nitrogens is 3. The van der Waals surface area contributed by atoms with Gasteiger partial charge in [-0.3, -0.25) is 4.79 Å². The monoisotopic (exact) mass is 295 g/mol. The lowest BCUT2D eigenvalue weighted by molar-refractivity contribution is 0.747. The highest BCUT2D eigenvalue weighted by atomic mass is 32.1. The number of hydrogen-bond acceptors (Lipinski definition) is 3. The van der Waals surface area contributed by atoms with Crippen molar-refractivity contribution in [3.63, 3.8) is 0 Å². The minimum atomic E-state index is 0.0485. The Morgan fingerprint density at radius 1 is 1.24 bits per heavy atom. The molecule has 3 heterocycles. The van der Waals surface area contributed by atoms with Crippen molar-refractivity contribution in [2.24, 2.45) is 0 Å². The molecule has 0 aliphatic carbocycles. The van der Waals surface area contributed by atoms with E-state index in [4.69, 9.17) is 0 Å². The quantitative estimate of drug-likeness (QED) is 0.617. The standard InChI is InChI=1S/C16H13N3OS/c1-10-12(18-9-17-10)8-19-7-6-14-15(16(19)20)11-4-2-3-5-13(11)21-14/h2-7,9H,8H2,1H3,(H,17,18). The molecule has 1 aromatic carbocycles. The summed E-state index contributed by atoms with van der Waals surface area (Å²) < 4.78 is 3.92. The number of fused-ring (bicyclic) bond motifs is 3. The number of nitrogens with zero attached hydrogens (tertiary/aromatic N) is 2. The summed E-state index contributed by atoms with van der Waals surface area (Å²) in [6.45, 7) is 2.46.